The van der Waals surface area contributed by atoms with Crippen molar-refractivity contribution >= 4 is 23.4 Å². The summed E-state index contributed by atoms with van der Waals surface area (Å²) in [5.41, 5.74) is 0.608. The van der Waals surface area contributed by atoms with E-state index in [4.69, 9.17) is 9.15 Å². The van der Waals surface area contributed by atoms with E-state index in [0.717, 1.165) is 0 Å². The minimum Gasteiger partial charge on any atom is -0.461 e. The number of amides is 1. The summed E-state index contributed by atoms with van der Waals surface area (Å²) >= 11 is 1.30. The Bertz CT molecular complexity index is 1090. The molecule has 146 valence electrons. The van der Waals surface area contributed by atoms with Gasteiger partial charge in [-0.3, -0.25) is 4.79 Å². The van der Waals surface area contributed by atoms with Crippen LogP contribution in [0.1, 0.15) is 0 Å². The average molecular weight is 406 g/mol. The first kappa shape index (κ1) is 18.8. The Hall–Kier alpha value is -3.52. The lowest BCUT2D eigenvalue weighted by Crippen LogP contribution is -2.15. The van der Waals surface area contributed by atoms with Crippen molar-refractivity contribution in [2.45, 2.75) is 5.16 Å². The van der Waals surface area contributed by atoms with E-state index in [1.807, 2.05) is 61.6 Å². The van der Waals surface area contributed by atoms with Crippen LogP contribution >= 0.6 is 11.8 Å². The van der Waals surface area contributed by atoms with Crippen LogP contribution in [0, 0.1) is 0 Å². The summed E-state index contributed by atoms with van der Waals surface area (Å²) in [6.45, 7) is 0. The number of carbonyl (C=O) groups excluding carboxylic acids is 1. The number of para-hydroxylation sites is 3. The van der Waals surface area contributed by atoms with Crippen LogP contribution in [-0.2, 0) is 11.8 Å². The lowest BCUT2D eigenvalue weighted by molar-refractivity contribution is -0.113. The van der Waals surface area contributed by atoms with Crippen molar-refractivity contribution in [3.05, 3.63) is 73.0 Å². The molecule has 0 aliphatic heterocycles. The lowest BCUT2D eigenvalue weighted by atomic mass is 10.3. The van der Waals surface area contributed by atoms with Crippen LogP contribution < -0.4 is 10.1 Å². The van der Waals surface area contributed by atoms with E-state index in [2.05, 4.69) is 15.5 Å². The Kier molecular flexibility index (Phi) is 5.62. The van der Waals surface area contributed by atoms with Gasteiger partial charge in [-0.2, -0.15) is 0 Å². The second kappa shape index (κ2) is 8.66. The second-order valence-electron chi connectivity index (χ2n) is 6.09. The smallest absolute Gasteiger partial charge is 0.234 e. The molecule has 2 aromatic carbocycles. The van der Waals surface area contributed by atoms with E-state index in [1.165, 1.54) is 11.8 Å². The minimum absolute atomic E-state index is 0.165. The number of aromatic nitrogens is 3. The molecule has 0 aliphatic carbocycles. The maximum Gasteiger partial charge on any atom is 0.234 e. The first-order chi connectivity index (χ1) is 14.2. The molecule has 8 heteroatoms. The summed E-state index contributed by atoms with van der Waals surface area (Å²) in [6, 6.07) is 20.4. The van der Waals surface area contributed by atoms with Crippen molar-refractivity contribution in [3.63, 3.8) is 0 Å². The third-order valence-electron chi connectivity index (χ3n) is 4.04. The van der Waals surface area contributed by atoms with Gasteiger partial charge in [0.1, 0.15) is 5.75 Å². The molecule has 29 heavy (non-hydrogen) atoms. The van der Waals surface area contributed by atoms with Crippen LogP contribution in [0.3, 0.4) is 0 Å². The van der Waals surface area contributed by atoms with Crippen molar-refractivity contribution < 1.29 is 13.9 Å². The number of anilines is 1. The number of nitrogens with one attached hydrogen (secondary N) is 1. The summed E-state index contributed by atoms with van der Waals surface area (Å²) < 4.78 is 13.0. The van der Waals surface area contributed by atoms with Crippen molar-refractivity contribution in [2.24, 2.45) is 7.05 Å². The molecule has 7 nitrogen and oxygen atoms in total. The van der Waals surface area contributed by atoms with Gasteiger partial charge in [0.2, 0.25) is 5.91 Å². The van der Waals surface area contributed by atoms with Gasteiger partial charge in [0.15, 0.2) is 22.5 Å². The van der Waals surface area contributed by atoms with Crippen LogP contribution in [0.4, 0.5) is 5.69 Å². The summed E-state index contributed by atoms with van der Waals surface area (Å²) in [4.78, 5) is 12.5. The SMILES string of the molecule is Cn1c(SCC(=O)Nc2ccccc2Oc2ccccc2)nnc1-c1ccco1. The minimum atomic E-state index is -0.165. The quantitative estimate of drug-likeness (QED) is 0.452. The molecule has 0 atom stereocenters. The number of furan rings is 1. The van der Waals surface area contributed by atoms with Crippen molar-refractivity contribution in [1.82, 2.24) is 14.8 Å². The molecule has 0 aliphatic rings. The zero-order valence-corrected chi connectivity index (χ0v) is 16.4. The summed E-state index contributed by atoms with van der Waals surface area (Å²) in [5.74, 6) is 2.54. The number of benzene rings is 2. The van der Waals surface area contributed by atoms with Crippen molar-refractivity contribution in [3.8, 4) is 23.1 Å². The predicted octanol–water partition coefficient (Wildman–Crippen LogP) is 4.60. The number of carbonyl (C=O) groups is 1. The highest BCUT2D eigenvalue weighted by molar-refractivity contribution is 7.99. The summed E-state index contributed by atoms with van der Waals surface area (Å²) in [7, 11) is 1.83. The number of rotatable bonds is 7. The van der Waals surface area contributed by atoms with Gasteiger partial charge in [-0.15, -0.1) is 10.2 Å². The third kappa shape index (κ3) is 4.49. The highest BCUT2D eigenvalue weighted by atomic mass is 32.2. The maximum absolute atomic E-state index is 12.5. The van der Waals surface area contributed by atoms with Crippen molar-refractivity contribution in [2.75, 3.05) is 11.1 Å². The average Bonchev–Trinajstić information content (AvgIpc) is 3.38. The molecule has 1 amide bonds. The Morgan fingerprint density at radius 2 is 1.86 bits per heavy atom. The number of nitrogens with zero attached hydrogens (tertiary/aromatic N) is 3. The summed E-state index contributed by atoms with van der Waals surface area (Å²) in [5, 5.41) is 11.8. The van der Waals surface area contributed by atoms with Gasteiger partial charge in [-0.05, 0) is 36.4 Å². The van der Waals surface area contributed by atoms with Crippen LogP contribution in [0.15, 0.2) is 82.6 Å². The molecule has 4 aromatic rings. The van der Waals surface area contributed by atoms with Gasteiger partial charge >= 0.3 is 0 Å². The summed E-state index contributed by atoms with van der Waals surface area (Å²) in [6.07, 6.45) is 1.58. The molecule has 1 N–H and O–H groups in total. The van der Waals surface area contributed by atoms with Crippen LogP contribution in [0.25, 0.3) is 11.6 Å². The highest BCUT2D eigenvalue weighted by Crippen LogP contribution is 2.29. The highest BCUT2D eigenvalue weighted by Gasteiger charge is 2.15. The van der Waals surface area contributed by atoms with E-state index in [-0.39, 0.29) is 11.7 Å². The Morgan fingerprint density at radius 1 is 1.07 bits per heavy atom. The fourth-order valence-electron chi connectivity index (χ4n) is 2.65. The van der Waals surface area contributed by atoms with Gasteiger partial charge in [-0.25, -0.2) is 0 Å². The number of thioether (sulfide) groups is 1. The molecule has 0 fully saturated rings. The third-order valence-corrected chi connectivity index (χ3v) is 5.06. The van der Waals surface area contributed by atoms with E-state index in [9.17, 15) is 4.79 Å². The molecule has 0 radical (unpaired) electrons. The largest absolute Gasteiger partial charge is 0.461 e. The molecule has 0 unspecified atom stereocenters. The molecule has 2 heterocycles. The topological polar surface area (TPSA) is 82.2 Å². The van der Waals surface area contributed by atoms with Crippen molar-refractivity contribution in [1.29, 1.82) is 0 Å². The van der Waals surface area contributed by atoms with E-state index in [0.29, 0.717) is 33.9 Å². The van der Waals surface area contributed by atoms with E-state index < -0.39 is 0 Å². The fourth-order valence-corrected chi connectivity index (χ4v) is 3.36. The lowest BCUT2D eigenvalue weighted by Gasteiger charge is -2.12. The zero-order chi connectivity index (χ0) is 20.1. The molecular formula is C21H18N4O3S. The Balaban J connectivity index is 1.40. The van der Waals surface area contributed by atoms with Gasteiger partial charge in [0.25, 0.3) is 0 Å². The number of ether oxygens (including phenoxy) is 1. The Labute approximate surface area is 171 Å². The van der Waals surface area contributed by atoms with Crippen LogP contribution in [0.5, 0.6) is 11.5 Å². The molecule has 0 saturated heterocycles. The normalized spacial score (nSPS) is 10.7. The number of hydrogen-bond acceptors (Lipinski definition) is 6. The van der Waals surface area contributed by atoms with Gasteiger partial charge in [0.05, 0.1) is 17.7 Å². The first-order valence-electron chi connectivity index (χ1n) is 8.88. The predicted molar refractivity (Wildman–Crippen MR) is 111 cm³/mol. The molecule has 4 rings (SSSR count). The molecule has 0 saturated carbocycles. The van der Waals surface area contributed by atoms with E-state index >= 15 is 0 Å². The van der Waals surface area contributed by atoms with Gasteiger partial charge < -0.3 is 19.0 Å². The molecule has 2 aromatic heterocycles. The number of hydrogen-bond donors (Lipinski definition) is 1. The maximum atomic E-state index is 12.5. The fraction of sp³-hybridized carbons (Fsp3) is 0.0952. The van der Waals surface area contributed by atoms with E-state index in [1.54, 1.807) is 23.0 Å². The van der Waals surface area contributed by atoms with Crippen LogP contribution in [-0.4, -0.2) is 26.4 Å². The van der Waals surface area contributed by atoms with Gasteiger partial charge in [0, 0.05) is 7.05 Å². The Morgan fingerprint density at radius 3 is 2.66 bits per heavy atom. The zero-order valence-electron chi connectivity index (χ0n) is 15.6. The molecular weight excluding hydrogens is 388 g/mol. The molecule has 0 spiro atoms. The standard InChI is InChI=1S/C21H18N4O3S/c1-25-20(18-12-7-13-27-18)23-24-21(25)29-14-19(26)22-16-10-5-6-11-17(16)28-15-8-3-2-4-9-15/h2-13H,14H2,1H3,(H,22,26). The molecule has 0 bridgehead atoms. The van der Waals surface area contributed by atoms with Gasteiger partial charge in [-0.1, -0.05) is 42.1 Å². The van der Waals surface area contributed by atoms with Crippen LogP contribution in [0.2, 0.25) is 0 Å². The second-order valence-corrected chi connectivity index (χ2v) is 7.03. The first-order valence-corrected chi connectivity index (χ1v) is 9.87. The monoisotopic (exact) mass is 406 g/mol.